The number of piperidine rings is 2. The van der Waals surface area contributed by atoms with E-state index in [0.29, 0.717) is 18.7 Å². The Hall–Kier alpha value is -2.41. The summed E-state index contributed by atoms with van der Waals surface area (Å²) in [6.45, 7) is 4.18. The van der Waals surface area contributed by atoms with Crippen molar-refractivity contribution < 1.29 is 9.53 Å². The number of likely N-dealkylation sites (tertiary alicyclic amines) is 2. The van der Waals surface area contributed by atoms with E-state index in [2.05, 4.69) is 15.0 Å². The zero-order valence-corrected chi connectivity index (χ0v) is 15.6. The molecule has 0 N–H and O–H groups in total. The van der Waals surface area contributed by atoms with Crippen LogP contribution in [0.1, 0.15) is 25.7 Å². The van der Waals surface area contributed by atoms with E-state index in [1.54, 1.807) is 23.3 Å². The standard InChI is InChI=1S/C20H27N5O2/c26-20(16-25-11-1-8-22-25)24-12-4-17(5-13-24)23-14-6-19(7-15-23)27-18-2-9-21-10-3-18/h1-3,8-11,17,19H,4-7,12-16H2. The summed E-state index contributed by atoms with van der Waals surface area (Å²) in [7, 11) is 0. The first-order valence-corrected chi connectivity index (χ1v) is 9.84. The normalized spacial score (nSPS) is 19.9. The fraction of sp³-hybridized carbons (Fsp3) is 0.550. The van der Waals surface area contributed by atoms with E-state index in [-0.39, 0.29) is 5.91 Å². The minimum Gasteiger partial charge on any atom is -0.490 e. The van der Waals surface area contributed by atoms with E-state index in [0.717, 1.165) is 57.6 Å². The summed E-state index contributed by atoms with van der Waals surface area (Å²) in [5.41, 5.74) is 0. The van der Waals surface area contributed by atoms with Gasteiger partial charge in [0.1, 0.15) is 18.4 Å². The molecule has 0 radical (unpaired) electrons. The Balaban J connectivity index is 1.20. The SMILES string of the molecule is O=C(Cn1cccn1)N1CCC(N2CCC(Oc3ccncc3)CC2)CC1. The van der Waals surface area contributed by atoms with Gasteiger partial charge in [-0.05, 0) is 43.9 Å². The fourth-order valence-corrected chi connectivity index (χ4v) is 4.08. The van der Waals surface area contributed by atoms with E-state index in [1.165, 1.54) is 0 Å². The Morgan fingerprint density at radius 2 is 1.78 bits per heavy atom. The molecule has 2 aliphatic heterocycles. The molecule has 2 aliphatic rings. The van der Waals surface area contributed by atoms with Crippen LogP contribution in [-0.4, -0.2) is 68.8 Å². The van der Waals surface area contributed by atoms with Gasteiger partial charge in [0.25, 0.3) is 0 Å². The van der Waals surface area contributed by atoms with Crippen LogP contribution in [0.4, 0.5) is 0 Å². The van der Waals surface area contributed by atoms with Gasteiger partial charge in [-0.3, -0.25) is 19.4 Å². The van der Waals surface area contributed by atoms with Crippen LogP contribution in [0.5, 0.6) is 5.75 Å². The van der Waals surface area contributed by atoms with Gasteiger partial charge in [-0.25, -0.2) is 0 Å². The average Bonchev–Trinajstić information content (AvgIpc) is 3.22. The van der Waals surface area contributed by atoms with E-state index in [1.807, 2.05) is 29.3 Å². The predicted molar refractivity (Wildman–Crippen MR) is 101 cm³/mol. The van der Waals surface area contributed by atoms with Crippen molar-refractivity contribution in [1.29, 1.82) is 0 Å². The number of rotatable bonds is 5. The van der Waals surface area contributed by atoms with Crippen molar-refractivity contribution in [2.24, 2.45) is 0 Å². The molecule has 0 atom stereocenters. The third-order valence-corrected chi connectivity index (χ3v) is 5.62. The molecule has 2 aromatic heterocycles. The van der Waals surface area contributed by atoms with Crippen molar-refractivity contribution in [2.45, 2.75) is 44.4 Å². The molecular weight excluding hydrogens is 342 g/mol. The van der Waals surface area contributed by atoms with Gasteiger partial charge in [-0.1, -0.05) is 0 Å². The first-order valence-electron chi connectivity index (χ1n) is 9.84. The maximum absolute atomic E-state index is 12.4. The van der Waals surface area contributed by atoms with Crippen LogP contribution in [0, 0.1) is 0 Å². The molecule has 0 bridgehead atoms. The highest BCUT2D eigenvalue weighted by Crippen LogP contribution is 2.23. The molecule has 0 spiro atoms. The number of ether oxygens (including phenoxy) is 1. The molecule has 27 heavy (non-hydrogen) atoms. The van der Waals surface area contributed by atoms with Crippen molar-refractivity contribution in [2.75, 3.05) is 26.2 Å². The smallest absolute Gasteiger partial charge is 0.244 e. The Morgan fingerprint density at radius 1 is 1.04 bits per heavy atom. The van der Waals surface area contributed by atoms with Crippen LogP contribution in [-0.2, 0) is 11.3 Å². The van der Waals surface area contributed by atoms with Crippen LogP contribution >= 0.6 is 0 Å². The van der Waals surface area contributed by atoms with Crippen LogP contribution in [0.3, 0.4) is 0 Å². The lowest BCUT2D eigenvalue weighted by Crippen LogP contribution is -2.50. The van der Waals surface area contributed by atoms with Gasteiger partial charge in [0.15, 0.2) is 0 Å². The predicted octanol–water partition coefficient (Wildman–Crippen LogP) is 1.81. The number of amides is 1. The zero-order chi connectivity index (χ0) is 18.5. The quantitative estimate of drug-likeness (QED) is 0.804. The highest BCUT2D eigenvalue weighted by atomic mass is 16.5. The average molecular weight is 369 g/mol. The molecule has 7 heteroatoms. The highest BCUT2D eigenvalue weighted by molar-refractivity contribution is 5.76. The summed E-state index contributed by atoms with van der Waals surface area (Å²) in [5.74, 6) is 1.08. The van der Waals surface area contributed by atoms with Crippen molar-refractivity contribution in [3.8, 4) is 5.75 Å². The largest absolute Gasteiger partial charge is 0.490 e. The number of carbonyl (C=O) groups excluding carboxylic acids is 1. The van der Waals surface area contributed by atoms with E-state index in [4.69, 9.17) is 4.74 Å². The summed E-state index contributed by atoms with van der Waals surface area (Å²) in [4.78, 5) is 21.0. The molecule has 0 aromatic carbocycles. The van der Waals surface area contributed by atoms with Crippen LogP contribution in [0.2, 0.25) is 0 Å². The minimum absolute atomic E-state index is 0.168. The first kappa shape index (κ1) is 18.0. The van der Waals surface area contributed by atoms with E-state index >= 15 is 0 Å². The number of aromatic nitrogens is 3. The lowest BCUT2D eigenvalue weighted by atomic mass is 9.98. The summed E-state index contributed by atoms with van der Waals surface area (Å²) in [6, 6.07) is 6.27. The maximum Gasteiger partial charge on any atom is 0.244 e. The monoisotopic (exact) mass is 369 g/mol. The number of pyridine rings is 1. The first-order chi connectivity index (χ1) is 13.3. The van der Waals surface area contributed by atoms with Gasteiger partial charge in [-0.2, -0.15) is 5.10 Å². The minimum atomic E-state index is 0.168. The third-order valence-electron chi connectivity index (χ3n) is 5.62. The Bertz CT molecular complexity index is 705. The summed E-state index contributed by atoms with van der Waals surface area (Å²) in [6.07, 6.45) is 11.6. The molecular formula is C20H27N5O2. The molecule has 4 rings (SSSR count). The van der Waals surface area contributed by atoms with Gasteiger partial charge in [0.05, 0.1) is 0 Å². The van der Waals surface area contributed by atoms with Crippen LogP contribution < -0.4 is 4.74 Å². The number of hydrogen-bond acceptors (Lipinski definition) is 5. The Labute approximate surface area is 159 Å². The number of hydrogen-bond donors (Lipinski definition) is 0. The van der Waals surface area contributed by atoms with Crippen molar-refractivity contribution in [1.82, 2.24) is 24.6 Å². The molecule has 1 amide bonds. The van der Waals surface area contributed by atoms with E-state index < -0.39 is 0 Å². The molecule has 144 valence electrons. The molecule has 4 heterocycles. The summed E-state index contributed by atoms with van der Waals surface area (Å²) < 4.78 is 7.76. The highest BCUT2D eigenvalue weighted by Gasteiger charge is 2.30. The maximum atomic E-state index is 12.4. The fourth-order valence-electron chi connectivity index (χ4n) is 4.08. The topological polar surface area (TPSA) is 63.5 Å². The lowest BCUT2D eigenvalue weighted by molar-refractivity contribution is -0.133. The van der Waals surface area contributed by atoms with Gasteiger partial charge in [-0.15, -0.1) is 0 Å². The second-order valence-electron chi connectivity index (χ2n) is 7.35. The third kappa shape index (κ3) is 4.66. The molecule has 7 nitrogen and oxygen atoms in total. The second kappa shape index (κ2) is 8.52. The molecule has 0 saturated carbocycles. The Morgan fingerprint density at radius 3 is 2.44 bits per heavy atom. The number of nitrogens with zero attached hydrogens (tertiary/aromatic N) is 5. The zero-order valence-electron chi connectivity index (χ0n) is 15.6. The van der Waals surface area contributed by atoms with Crippen molar-refractivity contribution >= 4 is 5.91 Å². The van der Waals surface area contributed by atoms with Crippen LogP contribution in [0.15, 0.2) is 43.0 Å². The summed E-state index contributed by atoms with van der Waals surface area (Å²) >= 11 is 0. The second-order valence-corrected chi connectivity index (χ2v) is 7.35. The van der Waals surface area contributed by atoms with Crippen LogP contribution in [0.25, 0.3) is 0 Å². The Kier molecular flexibility index (Phi) is 5.67. The van der Waals surface area contributed by atoms with Gasteiger partial charge >= 0.3 is 0 Å². The van der Waals surface area contributed by atoms with Gasteiger partial charge < -0.3 is 9.64 Å². The lowest BCUT2D eigenvalue weighted by Gasteiger charge is -2.41. The van der Waals surface area contributed by atoms with Crippen molar-refractivity contribution in [3.05, 3.63) is 43.0 Å². The number of carbonyl (C=O) groups is 1. The van der Waals surface area contributed by atoms with Crippen molar-refractivity contribution in [3.63, 3.8) is 0 Å². The molecule has 2 saturated heterocycles. The molecule has 0 aliphatic carbocycles. The molecule has 2 aromatic rings. The molecule has 2 fully saturated rings. The molecule has 0 unspecified atom stereocenters. The summed E-state index contributed by atoms with van der Waals surface area (Å²) in [5, 5.41) is 4.12. The van der Waals surface area contributed by atoms with E-state index in [9.17, 15) is 4.79 Å². The van der Waals surface area contributed by atoms with Gasteiger partial charge in [0.2, 0.25) is 5.91 Å². The van der Waals surface area contributed by atoms with Gasteiger partial charge in [0, 0.05) is 57.0 Å².